The second kappa shape index (κ2) is 5.56. The molecule has 2 fully saturated rings. The number of nitrogens with one attached hydrogen (secondary N) is 1. The summed E-state index contributed by atoms with van der Waals surface area (Å²) in [6, 6.07) is 6.13. The number of hydrogen-bond acceptors (Lipinski definition) is 4. The van der Waals surface area contributed by atoms with Gasteiger partial charge in [0.25, 0.3) is 0 Å². The molecule has 1 aliphatic carbocycles. The molecule has 0 unspecified atom stereocenters. The Morgan fingerprint density at radius 2 is 1.95 bits per heavy atom. The standard InChI is InChI=1S/C16H21N5/c1-2-8-17-14(3-1)11-21-9-6-13(7-10-21)16-18-15(19-20-16)12-4-5-12/h1-3,8,12-13H,4-7,9-11H2,(H,18,19,20). The molecule has 1 aliphatic heterocycles. The molecule has 5 heteroatoms. The lowest BCUT2D eigenvalue weighted by atomic mass is 9.96. The molecule has 0 spiro atoms. The van der Waals surface area contributed by atoms with Crippen LogP contribution in [0.3, 0.4) is 0 Å². The number of H-pyrrole nitrogens is 1. The van der Waals surface area contributed by atoms with E-state index in [-0.39, 0.29) is 0 Å². The smallest absolute Gasteiger partial charge is 0.153 e. The molecule has 0 amide bonds. The van der Waals surface area contributed by atoms with Gasteiger partial charge in [-0.1, -0.05) is 6.07 Å². The van der Waals surface area contributed by atoms with Crippen molar-refractivity contribution in [3.8, 4) is 0 Å². The third-order valence-electron chi connectivity index (χ3n) is 4.55. The van der Waals surface area contributed by atoms with E-state index in [9.17, 15) is 0 Å². The molecule has 5 nitrogen and oxygen atoms in total. The van der Waals surface area contributed by atoms with E-state index >= 15 is 0 Å². The van der Waals surface area contributed by atoms with Crippen LogP contribution in [0, 0.1) is 0 Å². The van der Waals surface area contributed by atoms with Crippen LogP contribution >= 0.6 is 0 Å². The number of likely N-dealkylation sites (tertiary alicyclic amines) is 1. The second-order valence-electron chi connectivity index (χ2n) is 6.22. The number of aromatic nitrogens is 4. The zero-order valence-electron chi connectivity index (χ0n) is 12.2. The van der Waals surface area contributed by atoms with Crippen molar-refractivity contribution in [1.29, 1.82) is 0 Å². The third-order valence-corrected chi connectivity index (χ3v) is 4.55. The average molecular weight is 283 g/mol. The molecular formula is C16H21N5. The Kier molecular flexibility index (Phi) is 3.43. The number of piperidine rings is 1. The normalized spacial score (nSPS) is 20.8. The minimum absolute atomic E-state index is 0.546. The number of aromatic amines is 1. The highest BCUT2D eigenvalue weighted by Crippen LogP contribution is 2.38. The largest absolute Gasteiger partial charge is 0.297 e. The van der Waals surface area contributed by atoms with Crippen molar-refractivity contribution in [1.82, 2.24) is 25.1 Å². The van der Waals surface area contributed by atoms with E-state index in [4.69, 9.17) is 4.98 Å². The lowest BCUT2D eigenvalue weighted by Gasteiger charge is -2.30. The summed E-state index contributed by atoms with van der Waals surface area (Å²) >= 11 is 0. The molecule has 0 radical (unpaired) electrons. The van der Waals surface area contributed by atoms with Crippen molar-refractivity contribution in [2.75, 3.05) is 13.1 Å². The van der Waals surface area contributed by atoms with Crippen LogP contribution in [0.25, 0.3) is 0 Å². The summed E-state index contributed by atoms with van der Waals surface area (Å²) in [5.74, 6) is 3.33. The predicted octanol–water partition coefficient (Wildman–Crippen LogP) is 2.46. The van der Waals surface area contributed by atoms with E-state index in [0.717, 1.165) is 49.8 Å². The first kappa shape index (κ1) is 13.0. The highest BCUT2D eigenvalue weighted by molar-refractivity contribution is 5.08. The van der Waals surface area contributed by atoms with E-state index in [1.165, 1.54) is 12.8 Å². The zero-order valence-corrected chi connectivity index (χ0v) is 12.2. The van der Waals surface area contributed by atoms with Crippen LogP contribution in [-0.2, 0) is 6.54 Å². The van der Waals surface area contributed by atoms with Gasteiger partial charge in [0.2, 0.25) is 0 Å². The maximum absolute atomic E-state index is 4.71. The minimum Gasteiger partial charge on any atom is -0.297 e. The van der Waals surface area contributed by atoms with Crippen LogP contribution in [0.1, 0.15) is 54.9 Å². The van der Waals surface area contributed by atoms with Crippen molar-refractivity contribution >= 4 is 0 Å². The Hall–Kier alpha value is -1.75. The first-order valence-corrected chi connectivity index (χ1v) is 7.93. The fourth-order valence-corrected chi connectivity index (χ4v) is 3.08. The van der Waals surface area contributed by atoms with Crippen LogP contribution in [0.2, 0.25) is 0 Å². The average Bonchev–Trinajstić information content (AvgIpc) is 3.27. The maximum Gasteiger partial charge on any atom is 0.153 e. The highest BCUT2D eigenvalue weighted by Gasteiger charge is 2.30. The summed E-state index contributed by atoms with van der Waals surface area (Å²) in [6.45, 7) is 3.18. The Balaban J connectivity index is 1.33. The molecule has 1 N–H and O–H groups in total. The molecule has 21 heavy (non-hydrogen) atoms. The van der Waals surface area contributed by atoms with E-state index in [2.05, 4.69) is 32.2 Å². The second-order valence-corrected chi connectivity index (χ2v) is 6.22. The summed E-state index contributed by atoms with van der Waals surface area (Å²) in [5.41, 5.74) is 1.16. The van der Waals surface area contributed by atoms with Crippen LogP contribution < -0.4 is 0 Å². The molecule has 1 saturated carbocycles. The van der Waals surface area contributed by atoms with Crippen LogP contribution in [0.4, 0.5) is 0 Å². The lowest BCUT2D eigenvalue weighted by molar-refractivity contribution is 0.200. The predicted molar refractivity (Wildman–Crippen MR) is 79.8 cm³/mol. The molecule has 110 valence electrons. The fourth-order valence-electron chi connectivity index (χ4n) is 3.08. The number of nitrogens with zero attached hydrogens (tertiary/aromatic N) is 4. The van der Waals surface area contributed by atoms with Gasteiger partial charge in [-0.3, -0.25) is 15.0 Å². The summed E-state index contributed by atoms with van der Waals surface area (Å²) < 4.78 is 0. The Morgan fingerprint density at radius 3 is 2.67 bits per heavy atom. The van der Waals surface area contributed by atoms with Gasteiger partial charge in [-0.05, 0) is 50.9 Å². The Morgan fingerprint density at radius 1 is 1.10 bits per heavy atom. The molecular weight excluding hydrogens is 262 g/mol. The van der Waals surface area contributed by atoms with E-state index in [0.29, 0.717) is 11.8 Å². The van der Waals surface area contributed by atoms with Crippen LogP contribution in [0.15, 0.2) is 24.4 Å². The quantitative estimate of drug-likeness (QED) is 0.936. The Bertz CT molecular complexity index is 582. The van der Waals surface area contributed by atoms with Gasteiger partial charge in [0.15, 0.2) is 5.82 Å². The molecule has 0 bridgehead atoms. The van der Waals surface area contributed by atoms with Crippen molar-refractivity contribution < 1.29 is 0 Å². The fraction of sp³-hybridized carbons (Fsp3) is 0.562. The molecule has 2 aromatic rings. The van der Waals surface area contributed by atoms with Crippen molar-refractivity contribution in [3.63, 3.8) is 0 Å². The van der Waals surface area contributed by atoms with Gasteiger partial charge in [0.1, 0.15) is 5.82 Å². The van der Waals surface area contributed by atoms with Gasteiger partial charge in [-0.15, -0.1) is 0 Å². The summed E-state index contributed by atoms with van der Waals surface area (Å²) in [7, 11) is 0. The number of pyridine rings is 1. The number of hydrogen-bond donors (Lipinski definition) is 1. The topological polar surface area (TPSA) is 57.7 Å². The number of rotatable bonds is 4. The van der Waals surface area contributed by atoms with Crippen LogP contribution in [0.5, 0.6) is 0 Å². The highest BCUT2D eigenvalue weighted by atomic mass is 15.2. The van der Waals surface area contributed by atoms with E-state index < -0.39 is 0 Å². The van der Waals surface area contributed by atoms with Gasteiger partial charge in [0, 0.05) is 24.6 Å². The molecule has 2 aromatic heterocycles. The maximum atomic E-state index is 4.71. The Labute approximate surface area is 124 Å². The summed E-state index contributed by atoms with van der Waals surface area (Å²) in [5, 5.41) is 7.55. The first-order chi connectivity index (χ1) is 10.4. The summed E-state index contributed by atoms with van der Waals surface area (Å²) in [4.78, 5) is 11.6. The lowest BCUT2D eigenvalue weighted by Crippen LogP contribution is -2.33. The van der Waals surface area contributed by atoms with Gasteiger partial charge >= 0.3 is 0 Å². The first-order valence-electron chi connectivity index (χ1n) is 7.93. The van der Waals surface area contributed by atoms with Crippen molar-refractivity contribution in [2.45, 2.75) is 44.1 Å². The van der Waals surface area contributed by atoms with Gasteiger partial charge in [-0.25, -0.2) is 4.98 Å². The van der Waals surface area contributed by atoms with Gasteiger partial charge < -0.3 is 0 Å². The molecule has 0 aromatic carbocycles. The summed E-state index contributed by atoms with van der Waals surface area (Å²) in [6.07, 6.45) is 6.72. The molecule has 2 aliphatic rings. The molecule has 4 rings (SSSR count). The van der Waals surface area contributed by atoms with E-state index in [1.54, 1.807) is 0 Å². The van der Waals surface area contributed by atoms with E-state index in [1.807, 2.05) is 12.3 Å². The van der Waals surface area contributed by atoms with Gasteiger partial charge in [-0.2, -0.15) is 5.10 Å². The third kappa shape index (κ3) is 2.97. The molecule has 3 heterocycles. The molecule has 0 atom stereocenters. The zero-order chi connectivity index (χ0) is 14.1. The molecule has 1 saturated heterocycles. The minimum atomic E-state index is 0.546. The SMILES string of the molecule is c1ccc(CN2CCC(c3nc(C4CC4)n[nH]3)CC2)nc1. The van der Waals surface area contributed by atoms with Crippen molar-refractivity contribution in [3.05, 3.63) is 41.7 Å². The van der Waals surface area contributed by atoms with Crippen molar-refractivity contribution in [2.24, 2.45) is 0 Å². The van der Waals surface area contributed by atoms with Gasteiger partial charge in [0.05, 0.1) is 5.69 Å². The monoisotopic (exact) mass is 283 g/mol. The van der Waals surface area contributed by atoms with Crippen LogP contribution in [-0.4, -0.2) is 38.2 Å².